The summed E-state index contributed by atoms with van der Waals surface area (Å²) in [7, 11) is -0.687. The van der Waals surface area contributed by atoms with Crippen molar-refractivity contribution in [1.29, 1.82) is 0 Å². The lowest BCUT2D eigenvalue weighted by molar-refractivity contribution is -0.139. The zero-order valence-electron chi connectivity index (χ0n) is 21.3. The van der Waals surface area contributed by atoms with Gasteiger partial charge in [-0.05, 0) is 61.6 Å². The number of rotatable bonds is 10. The molecule has 0 unspecified atom stereocenters. The van der Waals surface area contributed by atoms with E-state index in [0.29, 0.717) is 42.8 Å². The molecule has 1 N–H and O–H groups in total. The van der Waals surface area contributed by atoms with Gasteiger partial charge in [-0.15, -0.1) is 0 Å². The Kier molecular flexibility index (Phi) is 9.24. The second-order valence-corrected chi connectivity index (χ2v) is 11.1. The molecule has 1 aliphatic heterocycles. The first-order chi connectivity index (χ1) is 17.1. The molecule has 0 bridgehead atoms. The van der Waals surface area contributed by atoms with Gasteiger partial charge in [-0.25, -0.2) is 8.42 Å². The summed E-state index contributed by atoms with van der Waals surface area (Å²) in [4.78, 5) is 18.5. The van der Waals surface area contributed by atoms with E-state index in [1.165, 1.54) is 18.5 Å². The van der Waals surface area contributed by atoms with Crippen molar-refractivity contribution in [2.45, 2.75) is 37.2 Å². The first-order valence-corrected chi connectivity index (χ1v) is 13.3. The van der Waals surface area contributed by atoms with E-state index < -0.39 is 15.6 Å². The fourth-order valence-electron chi connectivity index (χ4n) is 4.19. The number of aryl methyl sites for hydroxylation is 2. The highest BCUT2D eigenvalue weighted by Crippen LogP contribution is 2.28. The highest BCUT2D eigenvalue weighted by Gasteiger charge is 2.32. The van der Waals surface area contributed by atoms with E-state index in [1.54, 1.807) is 49.3 Å². The molecule has 0 spiro atoms. The first-order valence-electron chi connectivity index (χ1n) is 11.8. The number of nitrogens with zero attached hydrogens (tertiary/aromatic N) is 3. The number of amides is 1. The summed E-state index contributed by atoms with van der Waals surface area (Å²) < 4.78 is 38.1. The van der Waals surface area contributed by atoms with Crippen molar-refractivity contribution in [1.82, 2.24) is 14.2 Å². The molecule has 0 aliphatic carbocycles. The smallest absolute Gasteiger partial charge is 0.248 e. The Hall–Kier alpha value is -2.79. The number of ether oxygens (including phenoxy) is 2. The molecule has 0 radical (unpaired) electrons. The number of methoxy groups -OCH3 is 1. The van der Waals surface area contributed by atoms with E-state index in [2.05, 4.69) is 4.98 Å². The minimum atomic E-state index is -3.72. The third kappa shape index (κ3) is 6.91. The predicted octanol–water partition coefficient (Wildman–Crippen LogP) is 2.41. The zero-order chi connectivity index (χ0) is 26.3. The van der Waals surface area contributed by atoms with Crippen molar-refractivity contribution in [2.24, 2.45) is 0 Å². The lowest BCUT2D eigenvalue weighted by atomic mass is 9.90. The van der Waals surface area contributed by atoms with Crippen LogP contribution in [0.5, 0.6) is 5.75 Å². The summed E-state index contributed by atoms with van der Waals surface area (Å²) in [6.45, 7) is 4.36. The molecule has 0 atom stereocenters. The Morgan fingerprint density at radius 2 is 1.92 bits per heavy atom. The van der Waals surface area contributed by atoms with Crippen molar-refractivity contribution >= 4 is 22.0 Å². The number of piperidine rings is 1. The van der Waals surface area contributed by atoms with Crippen LogP contribution in [0, 0.1) is 13.8 Å². The van der Waals surface area contributed by atoms with Crippen LogP contribution in [0.4, 0.5) is 0 Å². The Morgan fingerprint density at radius 3 is 2.50 bits per heavy atom. The van der Waals surface area contributed by atoms with E-state index in [9.17, 15) is 18.3 Å². The Balaban J connectivity index is 1.45. The van der Waals surface area contributed by atoms with Gasteiger partial charge in [-0.1, -0.05) is 18.2 Å². The molecule has 10 heteroatoms. The van der Waals surface area contributed by atoms with E-state index in [4.69, 9.17) is 9.47 Å². The minimum Gasteiger partial charge on any atom is -0.497 e. The van der Waals surface area contributed by atoms with Crippen LogP contribution < -0.4 is 4.74 Å². The number of hydrogen-bond donors (Lipinski definition) is 1. The van der Waals surface area contributed by atoms with Crippen molar-refractivity contribution in [3.8, 4) is 5.75 Å². The number of pyridine rings is 1. The van der Waals surface area contributed by atoms with Gasteiger partial charge in [-0.2, -0.15) is 4.31 Å². The molecule has 1 fully saturated rings. The first kappa shape index (κ1) is 27.8. The van der Waals surface area contributed by atoms with E-state index >= 15 is 0 Å². The van der Waals surface area contributed by atoms with E-state index in [1.807, 2.05) is 18.2 Å². The number of hydrogen-bond acceptors (Lipinski definition) is 7. The Labute approximate surface area is 213 Å². The molecule has 1 aliphatic rings. The number of likely N-dealkylation sites (tertiary alicyclic amines) is 1. The van der Waals surface area contributed by atoms with Gasteiger partial charge in [0.1, 0.15) is 12.4 Å². The summed E-state index contributed by atoms with van der Waals surface area (Å²) >= 11 is 0. The monoisotopic (exact) mass is 517 g/mol. The third-order valence-corrected chi connectivity index (χ3v) is 8.53. The standard InChI is InChI=1S/C26H35N3O6S/c1-20-16-23(34-4)17-21(2)25(20)36(32,33)28(3)14-15-35-19-24(30)29-12-9-26(31,10-13-29)8-7-22-6-5-11-27-18-22/h5-8,11,16-18,31H,9-10,12-15,19H2,1-4H3/b8-7+. The molecule has 36 heavy (non-hydrogen) atoms. The fourth-order valence-corrected chi connectivity index (χ4v) is 5.75. The van der Waals surface area contributed by atoms with Gasteiger partial charge < -0.3 is 19.5 Å². The number of carbonyl (C=O) groups is 1. The fraction of sp³-hybridized carbons (Fsp3) is 0.462. The Bertz CT molecular complexity index is 1150. The highest BCUT2D eigenvalue weighted by molar-refractivity contribution is 7.89. The summed E-state index contributed by atoms with van der Waals surface area (Å²) in [5.41, 5.74) is 1.15. The van der Waals surface area contributed by atoms with Crippen LogP contribution in [0.2, 0.25) is 0 Å². The molecular weight excluding hydrogens is 482 g/mol. The largest absolute Gasteiger partial charge is 0.497 e. The predicted molar refractivity (Wildman–Crippen MR) is 137 cm³/mol. The van der Waals surface area contributed by atoms with Gasteiger partial charge in [-0.3, -0.25) is 9.78 Å². The lowest BCUT2D eigenvalue weighted by Gasteiger charge is -2.36. The second kappa shape index (κ2) is 12.0. The van der Waals surface area contributed by atoms with Crippen LogP contribution in [0.15, 0.2) is 47.6 Å². The van der Waals surface area contributed by atoms with Crippen molar-refractivity contribution < 1.29 is 27.8 Å². The SMILES string of the molecule is COc1cc(C)c(S(=O)(=O)N(C)CCOCC(=O)N2CCC(O)(/C=C/c3cccnc3)CC2)c(C)c1. The summed E-state index contributed by atoms with van der Waals surface area (Å²) in [5.74, 6) is 0.426. The number of sulfonamides is 1. The summed E-state index contributed by atoms with van der Waals surface area (Å²) in [6.07, 6.45) is 7.88. The Morgan fingerprint density at radius 1 is 1.25 bits per heavy atom. The molecule has 2 heterocycles. The zero-order valence-corrected chi connectivity index (χ0v) is 22.1. The molecule has 1 amide bonds. The minimum absolute atomic E-state index is 0.0847. The number of aromatic nitrogens is 1. The van der Waals surface area contributed by atoms with Crippen LogP contribution in [0.1, 0.15) is 29.5 Å². The maximum Gasteiger partial charge on any atom is 0.248 e. The lowest BCUT2D eigenvalue weighted by Crippen LogP contribution is -2.47. The molecule has 1 aromatic carbocycles. The van der Waals surface area contributed by atoms with Crippen molar-refractivity contribution in [3.63, 3.8) is 0 Å². The summed E-state index contributed by atoms with van der Waals surface area (Å²) in [6, 6.07) is 7.12. The topological polar surface area (TPSA) is 109 Å². The average Bonchev–Trinajstić information content (AvgIpc) is 2.85. The number of likely N-dealkylation sites (N-methyl/N-ethyl adjacent to an activating group) is 1. The van der Waals surface area contributed by atoms with Gasteiger partial charge in [0.2, 0.25) is 15.9 Å². The molecule has 1 aromatic heterocycles. The van der Waals surface area contributed by atoms with Crippen molar-refractivity contribution in [2.75, 3.05) is 47.0 Å². The maximum atomic E-state index is 13.1. The van der Waals surface area contributed by atoms with Crippen molar-refractivity contribution in [3.05, 3.63) is 59.4 Å². The number of benzene rings is 1. The third-order valence-electron chi connectivity index (χ3n) is 6.37. The normalized spacial score (nSPS) is 16.0. The molecular formula is C26H35N3O6S. The van der Waals surface area contributed by atoms with Gasteiger partial charge in [0.25, 0.3) is 0 Å². The quantitative estimate of drug-likeness (QED) is 0.482. The number of carbonyl (C=O) groups excluding carboxylic acids is 1. The molecule has 2 aromatic rings. The molecule has 9 nitrogen and oxygen atoms in total. The van der Waals surface area contributed by atoms with Crippen LogP contribution in [-0.2, 0) is 19.6 Å². The highest BCUT2D eigenvalue weighted by atomic mass is 32.2. The van der Waals surface area contributed by atoms with Gasteiger partial charge in [0, 0.05) is 39.1 Å². The van der Waals surface area contributed by atoms with Gasteiger partial charge in [0.05, 0.1) is 24.2 Å². The van der Waals surface area contributed by atoms with Gasteiger partial charge >= 0.3 is 0 Å². The molecule has 3 rings (SSSR count). The molecule has 196 valence electrons. The molecule has 0 saturated carbocycles. The second-order valence-electron chi connectivity index (χ2n) is 9.07. The van der Waals surface area contributed by atoms with E-state index in [-0.39, 0.29) is 30.6 Å². The van der Waals surface area contributed by atoms with Gasteiger partial charge in [0.15, 0.2) is 0 Å². The van der Waals surface area contributed by atoms with Crippen LogP contribution in [0.3, 0.4) is 0 Å². The summed E-state index contributed by atoms with van der Waals surface area (Å²) in [5, 5.41) is 10.8. The maximum absolute atomic E-state index is 13.1. The average molecular weight is 518 g/mol. The van der Waals surface area contributed by atoms with E-state index in [0.717, 1.165) is 5.56 Å². The molecule has 1 saturated heterocycles. The number of aliphatic hydroxyl groups is 1. The van der Waals surface area contributed by atoms with Crippen LogP contribution in [-0.4, -0.2) is 86.2 Å². The van der Waals surface area contributed by atoms with Crippen LogP contribution in [0.25, 0.3) is 6.08 Å². The van der Waals surface area contributed by atoms with Crippen LogP contribution >= 0.6 is 0 Å².